The molecule has 1 saturated carbocycles. The minimum atomic E-state index is -0.444. The second kappa shape index (κ2) is 5.41. The molecule has 0 aromatic heterocycles. The maximum atomic E-state index is 14.4. The smallest absolute Gasteiger partial charge is 0.227 e. The van der Waals surface area contributed by atoms with Crippen LogP contribution >= 0.6 is 0 Å². The average Bonchev–Trinajstić information content (AvgIpc) is 3.22. The number of rotatable bonds is 5. The van der Waals surface area contributed by atoms with Crippen LogP contribution in [0.25, 0.3) is 0 Å². The van der Waals surface area contributed by atoms with Crippen molar-refractivity contribution in [2.45, 2.75) is 56.0 Å². The maximum Gasteiger partial charge on any atom is 0.227 e. The number of hydrogen-bond acceptors (Lipinski definition) is 3. The molecule has 0 unspecified atom stereocenters. The molecule has 2 heterocycles. The van der Waals surface area contributed by atoms with E-state index in [1.165, 1.54) is 6.07 Å². The van der Waals surface area contributed by atoms with E-state index in [0.29, 0.717) is 32.2 Å². The zero-order chi connectivity index (χ0) is 16.8. The lowest BCUT2D eigenvalue weighted by Gasteiger charge is -2.39. The van der Waals surface area contributed by atoms with E-state index in [9.17, 15) is 9.18 Å². The van der Waals surface area contributed by atoms with Gasteiger partial charge in [0.15, 0.2) is 5.66 Å². The first kappa shape index (κ1) is 15.3. The summed E-state index contributed by atoms with van der Waals surface area (Å²) in [6, 6.07) is 5.05. The standard InChI is InChI=1S/C19H20FN3O/c1-2-3-11-19(21-22-19)12-8-16(24)23-13-18(9-5-10-18)17-14(20)6-4-7-15(17)23/h1,4,6-7H,3,5,8-13H2. The molecule has 1 amide bonds. The molecule has 1 aliphatic carbocycles. The Morgan fingerprint density at radius 3 is 2.75 bits per heavy atom. The van der Waals surface area contributed by atoms with E-state index in [-0.39, 0.29) is 17.1 Å². The Bertz CT molecular complexity index is 754. The van der Waals surface area contributed by atoms with Gasteiger partial charge in [0.05, 0.1) is 5.69 Å². The van der Waals surface area contributed by atoms with Crippen LogP contribution in [0.4, 0.5) is 10.1 Å². The number of hydrogen-bond donors (Lipinski definition) is 0. The molecule has 0 atom stereocenters. The van der Waals surface area contributed by atoms with E-state index in [2.05, 4.69) is 16.1 Å². The van der Waals surface area contributed by atoms with Crippen molar-refractivity contribution >= 4 is 11.6 Å². The number of fused-ring (bicyclic) bond motifs is 2. The van der Waals surface area contributed by atoms with Crippen LogP contribution in [-0.2, 0) is 10.2 Å². The minimum Gasteiger partial charge on any atom is -0.311 e. The summed E-state index contributed by atoms with van der Waals surface area (Å²) in [6.07, 6.45) is 10.6. The molecular weight excluding hydrogens is 305 g/mol. The fraction of sp³-hybridized carbons (Fsp3) is 0.526. The van der Waals surface area contributed by atoms with Gasteiger partial charge in [-0.15, -0.1) is 12.3 Å². The predicted octanol–water partition coefficient (Wildman–Crippen LogP) is 3.95. The quantitative estimate of drug-likeness (QED) is 0.756. The Hall–Kier alpha value is -2.22. The third-order valence-corrected chi connectivity index (χ3v) is 5.68. The van der Waals surface area contributed by atoms with Crippen LogP contribution in [0, 0.1) is 18.2 Å². The van der Waals surface area contributed by atoms with Crippen molar-refractivity contribution in [3.8, 4) is 12.3 Å². The highest BCUT2D eigenvalue weighted by Crippen LogP contribution is 2.53. The molecule has 0 N–H and O–H groups in total. The number of carbonyl (C=O) groups is 1. The van der Waals surface area contributed by atoms with Crippen LogP contribution in [-0.4, -0.2) is 18.1 Å². The first-order valence-electron chi connectivity index (χ1n) is 8.56. The lowest BCUT2D eigenvalue weighted by atomic mass is 9.65. The van der Waals surface area contributed by atoms with Crippen LogP contribution in [0.5, 0.6) is 0 Å². The normalized spacial score (nSPS) is 21.2. The van der Waals surface area contributed by atoms with Gasteiger partial charge in [0.25, 0.3) is 0 Å². The molecular formula is C19H20FN3O. The number of terminal acetylenes is 1. The van der Waals surface area contributed by atoms with E-state index in [1.807, 2.05) is 6.07 Å². The maximum absolute atomic E-state index is 14.4. The highest BCUT2D eigenvalue weighted by molar-refractivity contribution is 5.96. The summed E-state index contributed by atoms with van der Waals surface area (Å²) >= 11 is 0. The fourth-order valence-corrected chi connectivity index (χ4v) is 4.07. The van der Waals surface area contributed by atoms with E-state index in [4.69, 9.17) is 6.42 Å². The Balaban J connectivity index is 1.49. The first-order valence-corrected chi connectivity index (χ1v) is 8.56. The van der Waals surface area contributed by atoms with Crippen molar-refractivity contribution in [2.75, 3.05) is 11.4 Å². The molecule has 1 aromatic rings. The van der Waals surface area contributed by atoms with Gasteiger partial charge in [-0.3, -0.25) is 4.79 Å². The largest absolute Gasteiger partial charge is 0.311 e. The molecule has 4 nitrogen and oxygen atoms in total. The monoisotopic (exact) mass is 325 g/mol. The van der Waals surface area contributed by atoms with Gasteiger partial charge in [-0.25, -0.2) is 4.39 Å². The summed E-state index contributed by atoms with van der Waals surface area (Å²) in [5.41, 5.74) is 0.890. The fourth-order valence-electron chi connectivity index (χ4n) is 4.07. The van der Waals surface area contributed by atoms with Gasteiger partial charge in [-0.1, -0.05) is 12.5 Å². The van der Waals surface area contributed by atoms with Crippen LogP contribution in [0.3, 0.4) is 0 Å². The Morgan fingerprint density at radius 1 is 1.33 bits per heavy atom. The van der Waals surface area contributed by atoms with Gasteiger partial charge in [0.1, 0.15) is 5.82 Å². The van der Waals surface area contributed by atoms with E-state index in [1.54, 1.807) is 11.0 Å². The Kier molecular flexibility index (Phi) is 3.45. The zero-order valence-corrected chi connectivity index (χ0v) is 13.6. The van der Waals surface area contributed by atoms with Gasteiger partial charge in [-0.05, 0) is 25.0 Å². The lowest BCUT2D eigenvalue weighted by Crippen LogP contribution is -2.41. The number of halogens is 1. The summed E-state index contributed by atoms with van der Waals surface area (Å²) in [5, 5.41) is 8.17. The molecule has 5 heteroatoms. The number of carbonyl (C=O) groups excluding carboxylic acids is 1. The Labute approximate surface area is 141 Å². The van der Waals surface area contributed by atoms with Crippen molar-refractivity contribution in [2.24, 2.45) is 10.2 Å². The molecule has 4 rings (SSSR count). The molecule has 0 saturated heterocycles. The first-order chi connectivity index (χ1) is 11.6. The molecule has 2 aliphatic heterocycles. The lowest BCUT2D eigenvalue weighted by molar-refractivity contribution is -0.119. The molecule has 1 fully saturated rings. The molecule has 0 radical (unpaired) electrons. The van der Waals surface area contributed by atoms with Gasteiger partial charge in [0.2, 0.25) is 5.91 Å². The molecule has 1 spiro atoms. The van der Waals surface area contributed by atoms with E-state index < -0.39 is 5.66 Å². The summed E-state index contributed by atoms with van der Waals surface area (Å²) in [7, 11) is 0. The number of anilines is 1. The zero-order valence-electron chi connectivity index (χ0n) is 13.6. The third-order valence-electron chi connectivity index (χ3n) is 5.68. The van der Waals surface area contributed by atoms with Crippen LogP contribution < -0.4 is 4.90 Å². The van der Waals surface area contributed by atoms with Gasteiger partial charge in [0, 0.05) is 43.2 Å². The summed E-state index contributed by atoms with van der Waals surface area (Å²) in [5.74, 6) is 2.44. The average molecular weight is 325 g/mol. The molecule has 1 aromatic carbocycles. The SMILES string of the molecule is C#CCCC1(CCC(=O)N2CC3(CCC3)c3c(F)cccc32)N=N1. The molecule has 24 heavy (non-hydrogen) atoms. The van der Waals surface area contributed by atoms with Crippen molar-refractivity contribution in [3.63, 3.8) is 0 Å². The van der Waals surface area contributed by atoms with Crippen molar-refractivity contribution in [1.82, 2.24) is 0 Å². The third kappa shape index (κ3) is 2.32. The Morgan fingerprint density at radius 2 is 2.12 bits per heavy atom. The predicted molar refractivity (Wildman–Crippen MR) is 89.2 cm³/mol. The van der Waals surface area contributed by atoms with Crippen LogP contribution in [0.15, 0.2) is 28.4 Å². The van der Waals surface area contributed by atoms with E-state index in [0.717, 1.165) is 30.5 Å². The van der Waals surface area contributed by atoms with Gasteiger partial charge in [-0.2, -0.15) is 10.2 Å². The van der Waals surface area contributed by atoms with Gasteiger partial charge < -0.3 is 4.90 Å². The molecule has 124 valence electrons. The van der Waals surface area contributed by atoms with E-state index >= 15 is 0 Å². The van der Waals surface area contributed by atoms with Crippen molar-refractivity contribution < 1.29 is 9.18 Å². The minimum absolute atomic E-state index is 0.0306. The summed E-state index contributed by atoms with van der Waals surface area (Å²) in [6.45, 7) is 0.605. The summed E-state index contributed by atoms with van der Waals surface area (Å²) in [4.78, 5) is 14.5. The van der Waals surface area contributed by atoms with Gasteiger partial charge >= 0.3 is 0 Å². The number of amides is 1. The van der Waals surface area contributed by atoms with Crippen LogP contribution in [0.2, 0.25) is 0 Å². The number of benzene rings is 1. The molecule has 3 aliphatic rings. The topological polar surface area (TPSA) is 45.0 Å². The highest BCUT2D eigenvalue weighted by atomic mass is 19.1. The second-order valence-electron chi connectivity index (χ2n) is 7.13. The van der Waals surface area contributed by atoms with Crippen LogP contribution in [0.1, 0.15) is 50.5 Å². The second-order valence-corrected chi connectivity index (χ2v) is 7.13. The van der Waals surface area contributed by atoms with Crippen molar-refractivity contribution in [3.05, 3.63) is 29.6 Å². The van der Waals surface area contributed by atoms with Crippen molar-refractivity contribution in [1.29, 1.82) is 0 Å². The number of nitrogens with zero attached hydrogens (tertiary/aromatic N) is 3. The molecule has 0 bridgehead atoms. The summed E-state index contributed by atoms with van der Waals surface area (Å²) < 4.78 is 14.4. The highest BCUT2D eigenvalue weighted by Gasteiger charge is 2.50.